The lowest BCUT2D eigenvalue weighted by molar-refractivity contribution is 0.376. The minimum Gasteiger partial charge on any atom is -0.319 e. The molecule has 14 heavy (non-hydrogen) atoms. The Bertz CT molecular complexity index is 283. The first kappa shape index (κ1) is 10.1. The standard InChI is InChI=1S/C11H18N2S/c1-9-3-2-5-11(12,6-4-9)10-13-7-8-14-10/h7-9H,2-6,12H2,1H3. The van der Waals surface area contributed by atoms with Gasteiger partial charge in [-0.25, -0.2) is 4.98 Å². The maximum atomic E-state index is 6.43. The van der Waals surface area contributed by atoms with Crippen LogP contribution >= 0.6 is 11.3 Å². The van der Waals surface area contributed by atoms with Crippen LogP contribution in [0.1, 0.15) is 44.0 Å². The summed E-state index contributed by atoms with van der Waals surface area (Å²) in [4.78, 5) is 4.37. The van der Waals surface area contributed by atoms with Crippen molar-refractivity contribution < 1.29 is 0 Å². The molecule has 1 aromatic heterocycles. The molecule has 2 unspecified atom stereocenters. The largest absolute Gasteiger partial charge is 0.319 e. The molecular formula is C11H18N2S. The maximum absolute atomic E-state index is 6.43. The molecule has 0 bridgehead atoms. The van der Waals surface area contributed by atoms with Crippen molar-refractivity contribution in [3.05, 3.63) is 16.6 Å². The molecule has 1 saturated carbocycles. The van der Waals surface area contributed by atoms with Gasteiger partial charge in [-0.05, 0) is 25.2 Å². The Morgan fingerprint density at radius 3 is 3.07 bits per heavy atom. The molecule has 0 aromatic carbocycles. The molecular weight excluding hydrogens is 192 g/mol. The fourth-order valence-corrected chi connectivity index (χ4v) is 3.03. The second kappa shape index (κ2) is 3.99. The van der Waals surface area contributed by atoms with Crippen molar-refractivity contribution in [3.63, 3.8) is 0 Å². The van der Waals surface area contributed by atoms with Crippen molar-refractivity contribution in [2.45, 2.75) is 44.6 Å². The normalized spacial score (nSPS) is 34.0. The summed E-state index contributed by atoms with van der Waals surface area (Å²) in [6.45, 7) is 2.33. The van der Waals surface area contributed by atoms with Gasteiger partial charge in [0, 0.05) is 11.6 Å². The van der Waals surface area contributed by atoms with Gasteiger partial charge in [0.25, 0.3) is 0 Å². The molecule has 1 aliphatic rings. The highest BCUT2D eigenvalue weighted by Gasteiger charge is 2.31. The summed E-state index contributed by atoms with van der Waals surface area (Å²) in [6, 6.07) is 0. The van der Waals surface area contributed by atoms with Crippen molar-refractivity contribution in [1.29, 1.82) is 0 Å². The van der Waals surface area contributed by atoms with Crippen molar-refractivity contribution in [3.8, 4) is 0 Å². The molecule has 0 saturated heterocycles. The van der Waals surface area contributed by atoms with Crippen LogP contribution in [-0.4, -0.2) is 4.98 Å². The summed E-state index contributed by atoms with van der Waals surface area (Å²) in [6.07, 6.45) is 7.88. The van der Waals surface area contributed by atoms with Gasteiger partial charge in [0.1, 0.15) is 5.01 Å². The average Bonchev–Trinajstić information content (AvgIpc) is 2.63. The quantitative estimate of drug-likeness (QED) is 0.724. The van der Waals surface area contributed by atoms with E-state index in [1.54, 1.807) is 11.3 Å². The van der Waals surface area contributed by atoms with Gasteiger partial charge >= 0.3 is 0 Å². The van der Waals surface area contributed by atoms with Crippen LogP contribution in [0, 0.1) is 5.92 Å². The Labute approximate surface area is 89.5 Å². The van der Waals surface area contributed by atoms with Crippen LogP contribution in [-0.2, 0) is 5.54 Å². The Hall–Kier alpha value is -0.410. The third-order valence-electron chi connectivity index (χ3n) is 3.26. The molecule has 1 aromatic rings. The zero-order chi connectivity index (χ0) is 10.0. The number of rotatable bonds is 1. The first-order valence-electron chi connectivity index (χ1n) is 5.39. The van der Waals surface area contributed by atoms with Gasteiger partial charge in [0.05, 0.1) is 5.54 Å². The number of hydrogen-bond donors (Lipinski definition) is 1. The van der Waals surface area contributed by atoms with E-state index < -0.39 is 0 Å². The van der Waals surface area contributed by atoms with Gasteiger partial charge in [-0.2, -0.15) is 0 Å². The van der Waals surface area contributed by atoms with E-state index in [1.165, 1.54) is 19.3 Å². The molecule has 0 radical (unpaired) electrons. The van der Waals surface area contributed by atoms with E-state index in [9.17, 15) is 0 Å². The van der Waals surface area contributed by atoms with Crippen molar-refractivity contribution in [1.82, 2.24) is 4.98 Å². The molecule has 3 heteroatoms. The number of hydrogen-bond acceptors (Lipinski definition) is 3. The summed E-state index contributed by atoms with van der Waals surface area (Å²) < 4.78 is 0. The molecule has 1 aliphatic carbocycles. The van der Waals surface area contributed by atoms with Crippen LogP contribution in [0.4, 0.5) is 0 Å². The van der Waals surface area contributed by atoms with Gasteiger partial charge in [0.2, 0.25) is 0 Å². The van der Waals surface area contributed by atoms with Crippen molar-refractivity contribution >= 4 is 11.3 Å². The lowest BCUT2D eigenvalue weighted by atomic mass is 9.92. The monoisotopic (exact) mass is 210 g/mol. The Kier molecular flexibility index (Phi) is 2.88. The summed E-state index contributed by atoms with van der Waals surface area (Å²) in [7, 11) is 0. The van der Waals surface area contributed by atoms with Gasteiger partial charge in [-0.1, -0.05) is 19.8 Å². The van der Waals surface area contributed by atoms with Gasteiger partial charge < -0.3 is 5.73 Å². The van der Waals surface area contributed by atoms with Crippen LogP contribution in [0.2, 0.25) is 0 Å². The fourth-order valence-electron chi connectivity index (χ4n) is 2.22. The predicted molar refractivity (Wildman–Crippen MR) is 60.2 cm³/mol. The smallest absolute Gasteiger partial charge is 0.112 e. The summed E-state index contributed by atoms with van der Waals surface area (Å²) in [5.41, 5.74) is 6.31. The highest BCUT2D eigenvalue weighted by atomic mass is 32.1. The first-order valence-corrected chi connectivity index (χ1v) is 6.27. The molecule has 1 heterocycles. The highest BCUT2D eigenvalue weighted by Crippen LogP contribution is 2.36. The van der Waals surface area contributed by atoms with E-state index in [2.05, 4.69) is 11.9 Å². The van der Waals surface area contributed by atoms with Crippen LogP contribution in [0.5, 0.6) is 0 Å². The molecule has 2 nitrogen and oxygen atoms in total. The number of aromatic nitrogens is 1. The zero-order valence-corrected chi connectivity index (χ0v) is 9.52. The van der Waals surface area contributed by atoms with E-state index in [1.807, 2.05) is 11.6 Å². The Morgan fingerprint density at radius 2 is 2.36 bits per heavy atom. The van der Waals surface area contributed by atoms with E-state index in [4.69, 9.17) is 5.73 Å². The van der Waals surface area contributed by atoms with Crippen LogP contribution in [0.3, 0.4) is 0 Å². The lowest BCUT2D eigenvalue weighted by Gasteiger charge is -2.25. The second-order valence-corrected chi connectivity index (χ2v) is 5.42. The van der Waals surface area contributed by atoms with Gasteiger partial charge in [0.15, 0.2) is 0 Å². The zero-order valence-electron chi connectivity index (χ0n) is 8.70. The SMILES string of the molecule is CC1CCCC(N)(c2nccs2)CC1. The van der Waals surface area contributed by atoms with Crippen LogP contribution < -0.4 is 5.73 Å². The molecule has 0 aliphatic heterocycles. The lowest BCUT2D eigenvalue weighted by Crippen LogP contribution is -2.35. The summed E-state index contributed by atoms with van der Waals surface area (Å²) in [5, 5.41) is 3.16. The van der Waals surface area contributed by atoms with E-state index in [0.29, 0.717) is 0 Å². The van der Waals surface area contributed by atoms with Crippen LogP contribution in [0.15, 0.2) is 11.6 Å². The molecule has 1 fully saturated rings. The summed E-state index contributed by atoms with van der Waals surface area (Å²) >= 11 is 1.70. The van der Waals surface area contributed by atoms with E-state index >= 15 is 0 Å². The Balaban J connectivity index is 2.15. The van der Waals surface area contributed by atoms with Gasteiger partial charge in [-0.15, -0.1) is 11.3 Å². The van der Waals surface area contributed by atoms with Crippen molar-refractivity contribution in [2.75, 3.05) is 0 Å². The molecule has 2 atom stereocenters. The number of nitrogens with zero attached hydrogens (tertiary/aromatic N) is 1. The van der Waals surface area contributed by atoms with Gasteiger partial charge in [-0.3, -0.25) is 0 Å². The molecule has 2 N–H and O–H groups in total. The predicted octanol–water partition coefficient (Wildman–Crippen LogP) is 2.90. The second-order valence-electron chi connectivity index (χ2n) is 4.53. The third-order valence-corrected chi connectivity index (χ3v) is 4.25. The Morgan fingerprint density at radius 1 is 1.50 bits per heavy atom. The van der Waals surface area contributed by atoms with E-state index in [0.717, 1.165) is 23.8 Å². The minimum absolute atomic E-state index is 0.126. The molecule has 78 valence electrons. The minimum atomic E-state index is -0.126. The van der Waals surface area contributed by atoms with Crippen molar-refractivity contribution in [2.24, 2.45) is 11.7 Å². The third kappa shape index (κ3) is 1.98. The molecule has 0 spiro atoms. The summed E-state index contributed by atoms with van der Waals surface area (Å²) in [5.74, 6) is 0.834. The van der Waals surface area contributed by atoms with Crippen LogP contribution in [0.25, 0.3) is 0 Å². The first-order chi connectivity index (χ1) is 6.71. The maximum Gasteiger partial charge on any atom is 0.112 e. The topological polar surface area (TPSA) is 38.9 Å². The fraction of sp³-hybridized carbons (Fsp3) is 0.727. The number of thiazole rings is 1. The van der Waals surface area contributed by atoms with E-state index in [-0.39, 0.29) is 5.54 Å². The molecule has 0 amide bonds. The highest BCUT2D eigenvalue weighted by molar-refractivity contribution is 7.09. The number of nitrogens with two attached hydrogens (primary N) is 1. The average molecular weight is 210 g/mol. The molecule has 2 rings (SSSR count).